The fraction of sp³-hybridized carbons (Fsp3) is 0.0909. The summed E-state index contributed by atoms with van der Waals surface area (Å²) in [5, 5.41) is 14.0. The Morgan fingerprint density at radius 2 is 1.81 bits per heavy atom. The summed E-state index contributed by atoms with van der Waals surface area (Å²) in [6.07, 6.45) is 0. The van der Waals surface area contributed by atoms with Crippen molar-refractivity contribution in [3.05, 3.63) is 82.2 Å². The zero-order valence-corrected chi connectivity index (χ0v) is 16.6. The zero-order chi connectivity index (χ0) is 22.0. The number of carbonyl (C=O) groups is 1. The van der Waals surface area contributed by atoms with E-state index in [2.05, 4.69) is 10.3 Å². The van der Waals surface area contributed by atoms with Gasteiger partial charge in [-0.05, 0) is 48.5 Å². The van der Waals surface area contributed by atoms with Gasteiger partial charge in [0, 0.05) is 24.7 Å². The van der Waals surface area contributed by atoms with Gasteiger partial charge in [-0.3, -0.25) is 14.9 Å². The first-order valence-corrected chi connectivity index (χ1v) is 9.22. The number of non-ortho nitro benzene ring substituents is 1. The van der Waals surface area contributed by atoms with Crippen LogP contribution < -0.4 is 14.8 Å². The van der Waals surface area contributed by atoms with E-state index < -0.39 is 10.8 Å². The second-order valence-corrected chi connectivity index (χ2v) is 6.58. The molecule has 0 aliphatic carbocycles. The minimum atomic E-state index is -0.571. The third-order valence-corrected chi connectivity index (χ3v) is 4.46. The Morgan fingerprint density at radius 3 is 2.52 bits per heavy atom. The van der Waals surface area contributed by atoms with Gasteiger partial charge in [-0.25, -0.2) is 4.98 Å². The van der Waals surface area contributed by atoms with E-state index in [-0.39, 0.29) is 17.0 Å². The molecule has 0 radical (unpaired) electrons. The maximum atomic E-state index is 13.0. The molecule has 9 heteroatoms. The topological polar surface area (TPSA) is 117 Å². The smallest absolute Gasteiger partial charge is 0.270 e. The molecule has 0 aliphatic rings. The van der Waals surface area contributed by atoms with Crippen LogP contribution in [0.15, 0.2) is 65.1 Å². The highest BCUT2D eigenvalue weighted by Gasteiger charge is 2.19. The maximum absolute atomic E-state index is 13.0. The molecule has 0 atom stereocenters. The van der Waals surface area contributed by atoms with Crippen molar-refractivity contribution in [2.24, 2.45) is 0 Å². The van der Waals surface area contributed by atoms with Crippen LogP contribution in [0.4, 0.5) is 11.4 Å². The van der Waals surface area contributed by atoms with Gasteiger partial charge in [0.15, 0.2) is 11.5 Å². The van der Waals surface area contributed by atoms with Crippen LogP contribution >= 0.6 is 0 Å². The highest BCUT2D eigenvalue weighted by molar-refractivity contribution is 6.07. The summed E-state index contributed by atoms with van der Waals surface area (Å²) in [4.78, 5) is 27.9. The lowest BCUT2D eigenvalue weighted by Crippen LogP contribution is -2.13. The number of nitro groups is 1. The van der Waals surface area contributed by atoms with E-state index in [0.29, 0.717) is 34.2 Å². The fourth-order valence-electron chi connectivity index (χ4n) is 2.99. The lowest BCUT2D eigenvalue weighted by atomic mass is 10.1. The Labute approximate surface area is 176 Å². The number of ether oxygens (including phenoxy) is 2. The number of rotatable bonds is 6. The number of nitrogens with one attached hydrogen (secondary N) is 1. The molecule has 4 aromatic rings. The molecular weight excluding hydrogens is 402 g/mol. The number of carbonyl (C=O) groups excluding carboxylic acids is 1. The van der Waals surface area contributed by atoms with E-state index >= 15 is 0 Å². The second kappa shape index (κ2) is 8.15. The van der Waals surface area contributed by atoms with Crippen LogP contribution in [-0.4, -0.2) is 22.9 Å². The lowest BCUT2D eigenvalue weighted by Gasteiger charge is -2.12. The molecule has 0 saturated heterocycles. The predicted octanol–water partition coefficient (Wildman–Crippen LogP) is 5.10. The van der Waals surface area contributed by atoms with Crippen LogP contribution in [0.2, 0.25) is 0 Å². The van der Waals surface area contributed by atoms with Gasteiger partial charge in [0.05, 0.1) is 17.6 Å². The average Bonchev–Trinajstić information content (AvgIpc) is 3.13. The van der Waals surface area contributed by atoms with Gasteiger partial charge in [0.25, 0.3) is 11.6 Å². The van der Waals surface area contributed by atoms with E-state index in [0.717, 1.165) is 0 Å². The van der Waals surface area contributed by atoms with Gasteiger partial charge in [0.2, 0.25) is 0 Å². The zero-order valence-electron chi connectivity index (χ0n) is 16.6. The van der Waals surface area contributed by atoms with Gasteiger partial charge in [-0.1, -0.05) is 0 Å². The molecule has 0 aliphatic heterocycles. The number of hydrogen-bond donors (Lipinski definition) is 1. The van der Waals surface area contributed by atoms with Crippen molar-refractivity contribution in [3.8, 4) is 17.2 Å². The standard InChI is InChI=1S/C22H17N3O6/c1-13-23-19-11-14(3-9-21(19)30-13)24-22(26)18-12-15(25(27)28)4-10-20(18)31-17-7-5-16(29-2)6-8-17/h3-12H,1-2H3,(H,24,26). The molecule has 0 saturated carbocycles. The molecule has 0 bridgehead atoms. The van der Waals surface area contributed by atoms with Crippen LogP contribution in [0, 0.1) is 17.0 Å². The summed E-state index contributed by atoms with van der Waals surface area (Å²) in [6.45, 7) is 1.73. The van der Waals surface area contributed by atoms with Gasteiger partial charge >= 0.3 is 0 Å². The SMILES string of the molecule is COc1ccc(Oc2ccc([N+](=O)[O-])cc2C(=O)Nc2ccc3oc(C)nc3c2)cc1. The Hall–Kier alpha value is -4.40. The van der Waals surface area contributed by atoms with Crippen molar-refractivity contribution in [3.63, 3.8) is 0 Å². The minimum Gasteiger partial charge on any atom is -0.497 e. The van der Waals surface area contributed by atoms with E-state index in [4.69, 9.17) is 13.9 Å². The number of nitro benzene ring substituents is 1. The van der Waals surface area contributed by atoms with E-state index in [9.17, 15) is 14.9 Å². The highest BCUT2D eigenvalue weighted by Crippen LogP contribution is 2.31. The molecular formula is C22H17N3O6. The molecule has 9 nitrogen and oxygen atoms in total. The maximum Gasteiger partial charge on any atom is 0.270 e. The number of aromatic nitrogens is 1. The van der Waals surface area contributed by atoms with Crippen LogP contribution in [0.5, 0.6) is 17.2 Å². The summed E-state index contributed by atoms with van der Waals surface area (Å²) in [5.74, 6) is 1.21. The normalized spacial score (nSPS) is 10.6. The molecule has 3 aromatic carbocycles. The van der Waals surface area contributed by atoms with Crippen molar-refractivity contribution in [1.29, 1.82) is 0 Å². The van der Waals surface area contributed by atoms with Crippen molar-refractivity contribution in [1.82, 2.24) is 4.98 Å². The third-order valence-electron chi connectivity index (χ3n) is 4.46. The predicted molar refractivity (Wildman–Crippen MR) is 113 cm³/mol. The first kappa shape index (κ1) is 19.9. The Morgan fingerprint density at radius 1 is 1.06 bits per heavy atom. The van der Waals surface area contributed by atoms with E-state index in [1.807, 2.05) is 0 Å². The van der Waals surface area contributed by atoms with Gasteiger partial charge in [0.1, 0.15) is 22.8 Å². The van der Waals surface area contributed by atoms with Gasteiger partial charge in [-0.2, -0.15) is 0 Å². The van der Waals surface area contributed by atoms with Crippen LogP contribution in [0.25, 0.3) is 11.1 Å². The van der Waals surface area contributed by atoms with Crippen molar-refractivity contribution in [2.75, 3.05) is 12.4 Å². The quantitative estimate of drug-likeness (QED) is 0.341. The first-order valence-electron chi connectivity index (χ1n) is 9.22. The number of benzene rings is 3. The number of oxazole rings is 1. The molecule has 1 N–H and O–H groups in total. The number of methoxy groups -OCH3 is 1. The summed E-state index contributed by atoms with van der Waals surface area (Å²) in [5.41, 5.74) is 1.43. The summed E-state index contributed by atoms with van der Waals surface area (Å²) < 4.78 is 16.4. The van der Waals surface area contributed by atoms with E-state index in [1.165, 1.54) is 18.2 Å². The lowest BCUT2D eigenvalue weighted by molar-refractivity contribution is -0.384. The van der Waals surface area contributed by atoms with Crippen LogP contribution in [0.3, 0.4) is 0 Å². The van der Waals surface area contributed by atoms with Crippen LogP contribution in [0.1, 0.15) is 16.2 Å². The molecule has 0 spiro atoms. The summed E-state index contributed by atoms with van der Waals surface area (Å²) >= 11 is 0. The minimum absolute atomic E-state index is 0.0152. The number of aryl methyl sites for hydroxylation is 1. The van der Waals surface area contributed by atoms with Gasteiger partial charge < -0.3 is 19.2 Å². The number of anilines is 1. The first-order chi connectivity index (χ1) is 14.9. The summed E-state index contributed by atoms with van der Waals surface area (Å²) in [6, 6.07) is 15.6. The number of fused-ring (bicyclic) bond motifs is 1. The largest absolute Gasteiger partial charge is 0.497 e. The molecule has 0 fully saturated rings. The number of hydrogen-bond acceptors (Lipinski definition) is 7. The van der Waals surface area contributed by atoms with E-state index in [1.54, 1.807) is 56.5 Å². The number of nitrogens with zero attached hydrogens (tertiary/aromatic N) is 2. The molecule has 156 valence electrons. The van der Waals surface area contributed by atoms with Crippen LogP contribution in [-0.2, 0) is 0 Å². The highest BCUT2D eigenvalue weighted by atomic mass is 16.6. The van der Waals surface area contributed by atoms with Gasteiger partial charge in [-0.15, -0.1) is 0 Å². The molecule has 1 aromatic heterocycles. The average molecular weight is 419 g/mol. The molecule has 31 heavy (non-hydrogen) atoms. The Kier molecular flexibility index (Phi) is 5.23. The fourth-order valence-corrected chi connectivity index (χ4v) is 2.99. The Bertz CT molecular complexity index is 1280. The molecule has 4 rings (SSSR count). The number of amides is 1. The molecule has 1 amide bonds. The van der Waals surface area contributed by atoms with Crippen molar-refractivity contribution < 1.29 is 23.6 Å². The van der Waals surface area contributed by atoms with Crippen molar-refractivity contribution >= 4 is 28.4 Å². The molecule has 0 unspecified atom stereocenters. The Balaban J connectivity index is 1.65. The second-order valence-electron chi connectivity index (χ2n) is 6.58. The molecule has 1 heterocycles. The van der Waals surface area contributed by atoms with Crippen molar-refractivity contribution in [2.45, 2.75) is 6.92 Å². The third kappa shape index (κ3) is 4.30. The summed E-state index contributed by atoms with van der Waals surface area (Å²) in [7, 11) is 1.55. The monoisotopic (exact) mass is 419 g/mol.